The number of benzene rings is 1. The fourth-order valence-electron chi connectivity index (χ4n) is 10.8. The minimum atomic E-state index is -4.64. The van der Waals surface area contributed by atoms with Gasteiger partial charge in [0.1, 0.15) is 42.6 Å². The number of nitrogens with two attached hydrogens (primary N) is 1. The predicted octanol–water partition coefficient (Wildman–Crippen LogP) is 3.01. The number of pyridine rings is 2. The average molecular weight is 1270 g/mol. The number of alkyl halides is 2. The lowest BCUT2D eigenvalue weighted by Crippen LogP contribution is -2.40. The lowest BCUT2D eigenvalue weighted by Gasteiger charge is -2.44. The van der Waals surface area contributed by atoms with E-state index in [-0.39, 0.29) is 108 Å². The third-order valence-corrected chi connectivity index (χ3v) is 17.2. The van der Waals surface area contributed by atoms with E-state index in [1.807, 2.05) is 38.1 Å². The Morgan fingerprint density at radius 3 is 1.55 bits per heavy atom. The molecular weight excluding hydrogens is 1210 g/mol. The molecule has 2 aliphatic heterocycles. The number of nitrogens with one attached hydrogen (secondary N) is 1. The number of aliphatic hydroxyl groups excluding tert-OH is 4. The fourth-order valence-corrected chi connectivity index (χ4v) is 12.3. The zero-order chi connectivity index (χ0) is 63.5. The number of aromatic nitrogens is 10. The van der Waals surface area contributed by atoms with Gasteiger partial charge in [-0.2, -0.15) is 19.2 Å². The van der Waals surface area contributed by atoms with Gasteiger partial charge in [0.25, 0.3) is 5.91 Å². The van der Waals surface area contributed by atoms with Crippen LogP contribution in [0.15, 0.2) is 92.3 Å². The first kappa shape index (κ1) is 66.4. The Morgan fingerprint density at radius 1 is 0.659 bits per heavy atom. The molecule has 35 heteroatoms. The van der Waals surface area contributed by atoms with Crippen LogP contribution in [0, 0.1) is 37.5 Å². The monoisotopic (exact) mass is 1270 g/mol. The molecule has 470 valence electrons. The van der Waals surface area contributed by atoms with Gasteiger partial charge < -0.3 is 50.7 Å². The number of phosphoric acid groups is 2. The highest BCUT2D eigenvalue weighted by Crippen LogP contribution is 2.53. The molecule has 1 amide bonds. The molecule has 4 fully saturated rings. The molecule has 1 aromatic carbocycles. The van der Waals surface area contributed by atoms with Gasteiger partial charge in [-0.1, -0.05) is 18.2 Å². The van der Waals surface area contributed by atoms with Crippen LogP contribution in [0.25, 0.3) is 22.3 Å². The van der Waals surface area contributed by atoms with Gasteiger partial charge in [-0.3, -0.25) is 42.0 Å². The first-order chi connectivity index (χ1) is 42.2. The van der Waals surface area contributed by atoms with Crippen LogP contribution in [0.1, 0.15) is 70.0 Å². The van der Waals surface area contributed by atoms with E-state index in [9.17, 15) is 48.5 Å². The first-order valence-electron chi connectivity index (χ1n) is 26.9. The van der Waals surface area contributed by atoms with E-state index in [1.165, 1.54) is 34.4 Å². The van der Waals surface area contributed by atoms with E-state index < -0.39 is 84.0 Å². The second kappa shape index (κ2) is 29.7. The minimum absolute atomic E-state index is 0.0119. The van der Waals surface area contributed by atoms with Crippen LogP contribution in [-0.4, -0.2) is 174 Å². The number of imidazole rings is 2. The average Bonchev–Trinajstić information content (AvgIpc) is 1.93. The number of halogens is 2. The van der Waals surface area contributed by atoms with E-state index in [0.717, 1.165) is 22.5 Å². The number of nitrogen functional groups attached to an aromatic ring is 1. The van der Waals surface area contributed by atoms with Gasteiger partial charge in [-0.15, -0.1) is 0 Å². The highest BCUT2D eigenvalue weighted by molar-refractivity contribution is 7.47. The van der Waals surface area contributed by atoms with Gasteiger partial charge in [0.15, 0.2) is 53.2 Å². The Hall–Kier alpha value is -7.51. The van der Waals surface area contributed by atoms with E-state index in [4.69, 9.17) is 52.5 Å². The Labute approximate surface area is 497 Å². The SMILES string of the molecule is Cc1cc([C@@H]2C[C@H](CO)[C@H]2COP(=O)(O)OC[C@H]2O[C@@H](n3cnc4c(N)ncnc43)[C@H](F)[C@@H]2O)ccn1.Cc1cc([C@@H]2C[C@H](CO)[C@H]2COP(=O)(O)OC[C@H]2O[C@@H](n3cnc4c(NC(=O)c5ccccc5)ncnc43)[C@H](F)[C@@H]2O)ccn1.O=C=O.O=C=O. The smallest absolute Gasteiger partial charge is 0.396 e. The van der Waals surface area contributed by atoms with Crippen LogP contribution in [-0.2, 0) is 55.9 Å². The number of nitrogens with zero attached hydrogens (tertiary/aromatic N) is 10. The number of hydrogen-bond donors (Lipinski definition) is 8. The molecule has 0 spiro atoms. The van der Waals surface area contributed by atoms with Crippen molar-refractivity contribution in [3.05, 3.63) is 120 Å². The zero-order valence-corrected chi connectivity index (χ0v) is 48.4. The van der Waals surface area contributed by atoms with E-state index in [1.54, 1.807) is 42.7 Å². The standard InChI is InChI=1S/C29H32FN6O8P.C22H28FN6O7P.2CO2/c1-16-9-18(7-8-31-16)20-10-19(11-37)21(20)12-42-45(40,41)43-13-22-25(38)23(30)29(44-22)36-15-34-24-26(32-14-33-27(24)36)35-28(39)17-5-3-2-4-6-17;1-11-4-12(2-3-25-11)14-5-13(6-30)15(14)7-34-37(32,33)35-8-16-19(31)17(23)22(36-16)29-10-28-18-20(24)26-9-27-21(18)29;2*2-1-3/h2-9,14-15,19-23,25,29,37-38H,10-13H2,1H3,(H,40,41)(H,32,33,35,39);2-4,9-10,13-17,19,22,30-31H,5-8H2,1H3,(H,32,33)(H2,24,26,27);;/t19-,20+,21-,22-,23-,25-,29-;13-,14+,15-,16-,17-,19-,22-;;/m11../s1. The number of ether oxygens (including phenoxy) is 2. The van der Waals surface area contributed by atoms with Gasteiger partial charge in [0, 0.05) is 42.6 Å². The molecule has 31 nitrogen and oxygen atoms in total. The van der Waals surface area contributed by atoms with Crippen molar-refractivity contribution in [2.45, 2.75) is 87.7 Å². The summed E-state index contributed by atoms with van der Waals surface area (Å²) in [5.74, 6) is -0.816. The maximum atomic E-state index is 15.3. The molecule has 0 radical (unpaired) electrons. The molecule has 8 heterocycles. The first-order valence-corrected chi connectivity index (χ1v) is 29.9. The normalized spacial score (nSPS) is 27.5. The number of carbonyl (C=O) groups is 1. The third kappa shape index (κ3) is 15.5. The summed E-state index contributed by atoms with van der Waals surface area (Å²) in [6, 6.07) is 16.1. The second-order valence-corrected chi connectivity index (χ2v) is 23.5. The molecule has 11 rings (SSSR count). The van der Waals surface area contributed by atoms with Crippen molar-refractivity contribution in [2.24, 2.45) is 23.7 Å². The summed E-state index contributed by atoms with van der Waals surface area (Å²) < 4.78 is 90.0. The molecule has 2 unspecified atom stereocenters. The van der Waals surface area contributed by atoms with Crippen LogP contribution in [0.4, 0.5) is 20.4 Å². The zero-order valence-electron chi connectivity index (χ0n) is 46.6. The number of fused-ring (bicyclic) bond motifs is 2. The van der Waals surface area contributed by atoms with Crippen molar-refractivity contribution < 1.29 is 99.7 Å². The van der Waals surface area contributed by atoms with Crippen molar-refractivity contribution in [1.29, 1.82) is 0 Å². The predicted molar refractivity (Wildman–Crippen MR) is 293 cm³/mol. The Kier molecular flexibility index (Phi) is 22.4. The van der Waals surface area contributed by atoms with E-state index in [2.05, 4.69) is 45.2 Å². The highest BCUT2D eigenvalue weighted by atomic mass is 31.2. The maximum absolute atomic E-state index is 15.3. The summed E-state index contributed by atoms with van der Waals surface area (Å²) in [6.07, 6.45) is -2.38. The fraction of sp³-hybridized carbons (Fsp3) is 0.453. The molecule has 88 heavy (non-hydrogen) atoms. The summed E-state index contributed by atoms with van der Waals surface area (Å²) in [6.45, 7) is 2.04. The molecule has 4 aliphatic rings. The van der Waals surface area contributed by atoms with Crippen molar-refractivity contribution in [3.8, 4) is 0 Å². The van der Waals surface area contributed by atoms with Crippen LogP contribution in [0.2, 0.25) is 0 Å². The Bertz CT molecular complexity index is 3670. The van der Waals surface area contributed by atoms with E-state index >= 15 is 4.39 Å². The maximum Gasteiger partial charge on any atom is 0.472 e. The number of anilines is 2. The van der Waals surface area contributed by atoms with Gasteiger partial charge in [-0.05, 0) is 110 Å². The van der Waals surface area contributed by atoms with Gasteiger partial charge in [0.05, 0.1) is 39.1 Å². The number of hydrogen-bond acceptors (Lipinski definition) is 26. The second-order valence-electron chi connectivity index (χ2n) is 20.6. The molecule has 2 saturated carbocycles. The van der Waals surface area contributed by atoms with Gasteiger partial charge in [-0.25, -0.2) is 47.8 Å². The number of amides is 1. The highest BCUT2D eigenvalue weighted by Gasteiger charge is 2.50. The number of aryl methyl sites for hydroxylation is 2. The van der Waals surface area contributed by atoms with Gasteiger partial charge in [0.2, 0.25) is 0 Å². The number of phosphoric ester groups is 2. The van der Waals surface area contributed by atoms with Crippen LogP contribution < -0.4 is 11.1 Å². The Morgan fingerprint density at radius 2 is 1.09 bits per heavy atom. The molecule has 2 saturated heterocycles. The number of rotatable bonds is 20. The van der Waals surface area contributed by atoms with E-state index in [0.29, 0.717) is 18.4 Å². The molecule has 6 aromatic heterocycles. The summed E-state index contributed by atoms with van der Waals surface area (Å²) in [4.78, 5) is 98.5. The summed E-state index contributed by atoms with van der Waals surface area (Å²) in [5.41, 5.74) is 10.6. The number of aliphatic hydroxyl groups is 4. The van der Waals surface area contributed by atoms with Crippen molar-refractivity contribution in [3.63, 3.8) is 0 Å². The molecule has 0 bridgehead atoms. The summed E-state index contributed by atoms with van der Waals surface area (Å²) in [5, 5.41) is 43.0. The van der Waals surface area contributed by atoms with Crippen molar-refractivity contribution >= 4 is 67.8 Å². The number of carbonyl (C=O) groups excluding carboxylic acids is 5. The third-order valence-electron chi connectivity index (χ3n) is 15.3. The van der Waals surface area contributed by atoms with Crippen molar-refractivity contribution in [1.82, 2.24) is 49.0 Å². The van der Waals surface area contributed by atoms with Crippen LogP contribution in [0.5, 0.6) is 0 Å². The molecular formula is C53H60F2N12O19P2. The lowest BCUT2D eigenvalue weighted by molar-refractivity contribution is -0.193. The van der Waals surface area contributed by atoms with Gasteiger partial charge >= 0.3 is 27.9 Å². The topological polar surface area (TPSA) is 447 Å². The molecule has 16 atom stereocenters. The lowest BCUT2D eigenvalue weighted by atomic mass is 9.63. The Balaban J connectivity index is 0.000000213. The minimum Gasteiger partial charge on any atom is -0.396 e. The molecule has 9 N–H and O–H groups in total. The summed E-state index contributed by atoms with van der Waals surface area (Å²) in [7, 11) is -9.22. The van der Waals surface area contributed by atoms with Crippen LogP contribution in [0.3, 0.4) is 0 Å². The van der Waals surface area contributed by atoms with Crippen LogP contribution >= 0.6 is 15.6 Å². The molecule has 2 aliphatic carbocycles. The van der Waals surface area contributed by atoms with Crippen molar-refractivity contribution in [2.75, 3.05) is 50.7 Å². The summed E-state index contributed by atoms with van der Waals surface area (Å²) >= 11 is 0. The quantitative estimate of drug-likeness (QED) is 0.0508. The largest absolute Gasteiger partial charge is 0.472 e. The molecule has 7 aromatic rings.